The molecular formula is C47H61ClN10O9S. The highest BCUT2D eigenvalue weighted by atomic mass is 35.5. The van der Waals surface area contributed by atoms with Crippen LogP contribution in [0.25, 0.3) is 0 Å². The highest BCUT2D eigenvalue weighted by Crippen LogP contribution is 2.48. The number of carbonyl (C=O) groups excluding carboxylic acids is 6. The molecular weight excluding hydrogens is 916 g/mol. The molecule has 1 aliphatic carbocycles. The highest BCUT2D eigenvalue weighted by Gasteiger charge is 2.47. The number of nitrogens with zero attached hydrogens (tertiary/aromatic N) is 4. The summed E-state index contributed by atoms with van der Waals surface area (Å²) in [6, 6.07) is 9.40. The zero-order valence-corrected chi connectivity index (χ0v) is 39.9. The van der Waals surface area contributed by atoms with Gasteiger partial charge in [-0.05, 0) is 86.6 Å². The van der Waals surface area contributed by atoms with Crippen LogP contribution in [0.4, 0.5) is 23.0 Å². The lowest BCUT2D eigenvalue weighted by molar-refractivity contribution is -0.136. The van der Waals surface area contributed by atoms with Crippen molar-refractivity contribution in [1.82, 2.24) is 25.5 Å². The molecule has 4 heterocycles. The Morgan fingerprint density at radius 3 is 2.28 bits per heavy atom. The van der Waals surface area contributed by atoms with E-state index in [4.69, 9.17) is 37.3 Å². The summed E-state index contributed by atoms with van der Waals surface area (Å²) in [5.41, 5.74) is 14.7. The van der Waals surface area contributed by atoms with Crippen LogP contribution in [-0.2, 0) is 33.4 Å². The minimum Gasteiger partial charge on any atom is -0.385 e. The highest BCUT2D eigenvalue weighted by molar-refractivity contribution is 7.99. The molecule has 1 aromatic heterocycles. The van der Waals surface area contributed by atoms with Crippen molar-refractivity contribution in [2.75, 3.05) is 87.1 Å². The zero-order valence-electron chi connectivity index (χ0n) is 38.3. The quantitative estimate of drug-likeness (QED) is 0.0569. The number of nitrogens with one attached hydrogen (secondary N) is 4. The number of rotatable bonds is 23. The SMILES string of the molecule is CC1CCC2(CCN(c3cnc(Sc4cccc(NC(=O)CCC(=O)NCCCOCCOCCOCCCNc5ccc6c(c5)C(=O)N(C5CCC(=O)NC5=O)C6=O)c4Cl)c(N)n3)CC2)C1N. The molecule has 3 fully saturated rings. The molecule has 0 radical (unpaired) electrons. The van der Waals surface area contributed by atoms with E-state index in [1.807, 2.05) is 6.07 Å². The molecule has 8 N–H and O–H groups in total. The second-order valence-electron chi connectivity index (χ2n) is 17.6. The van der Waals surface area contributed by atoms with Crippen LogP contribution in [-0.4, -0.2) is 128 Å². The van der Waals surface area contributed by atoms with Crippen LogP contribution in [0.5, 0.6) is 0 Å². The van der Waals surface area contributed by atoms with Gasteiger partial charge in [0.2, 0.25) is 23.6 Å². The maximum Gasteiger partial charge on any atom is 0.262 e. The Balaban J connectivity index is 0.683. The normalized spacial score (nSPS) is 19.9. The fourth-order valence-electron chi connectivity index (χ4n) is 9.09. The third kappa shape index (κ3) is 12.6. The van der Waals surface area contributed by atoms with Crippen LogP contribution < -0.4 is 37.6 Å². The van der Waals surface area contributed by atoms with E-state index in [-0.39, 0.29) is 60.1 Å². The Bertz CT molecular complexity index is 2330. The maximum absolute atomic E-state index is 13.0. The summed E-state index contributed by atoms with van der Waals surface area (Å²) in [6.07, 6.45) is 7.63. The third-order valence-electron chi connectivity index (χ3n) is 13.0. The molecule has 0 bridgehead atoms. The van der Waals surface area contributed by atoms with E-state index >= 15 is 0 Å². The molecule has 3 unspecified atom stereocenters. The Hall–Kier alpha value is -5.38. The Labute approximate surface area is 404 Å². The van der Waals surface area contributed by atoms with Crippen LogP contribution in [0, 0.1) is 11.3 Å². The number of ether oxygens (including phenoxy) is 3. The summed E-state index contributed by atoms with van der Waals surface area (Å²) in [5, 5.41) is 11.9. The number of benzene rings is 2. The number of amides is 6. The van der Waals surface area contributed by atoms with Gasteiger partial charge in [0.1, 0.15) is 16.9 Å². The number of anilines is 4. The van der Waals surface area contributed by atoms with Crippen LogP contribution in [0.2, 0.25) is 5.02 Å². The van der Waals surface area contributed by atoms with E-state index in [0.29, 0.717) is 104 Å². The number of nitrogens with two attached hydrogens (primary N) is 2. The van der Waals surface area contributed by atoms with Crippen molar-refractivity contribution < 1.29 is 43.0 Å². The van der Waals surface area contributed by atoms with Gasteiger partial charge in [-0.1, -0.05) is 36.4 Å². The molecule has 2 aromatic carbocycles. The first kappa shape index (κ1) is 50.5. The topological polar surface area (TPSA) is 263 Å². The molecule has 7 rings (SSSR count). The van der Waals surface area contributed by atoms with Crippen molar-refractivity contribution in [3.05, 3.63) is 58.7 Å². The second-order valence-corrected chi connectivity index (χ2v) is 19.0. The van der Waals surface area contributed by atoms with Crippen molar-refractivity contribution in [3.8, 4) is 0 Å². The number of halogens is 1. The van der Waals surface area contributed by atoms with Crippen molar-refractivity contribution in [1.29, 1.82) is 0 Å². The summed E-state index contributed by atoms with van der Waals surface area (Å²) in [5.74, 6) is -1.14. The summed E-state index contributed by atoms with van der Waals surface area (Å²) >= 11 is 7.98. The van der Waals surface area contributed by atoms with Gasteiger partial charge in [0.25, 0.3) is 11.8 Å². The number of hydrogen-bond acceptors (Lipinski definition) is 16. The average Bonchev–Trinajstić information content (AvgIpc) is 3.74. The molecule has 68 heavy (non-hydrogen) atoms. The first-order chi connectivity index (χ1) is 32.8. The van der Waals surface area contributed by atoms with Gasteiger partial charge in [-0.15, -0.1) is 0 Å². The molecule has 3 atom stereocenters. The predicted molar refractivity (Wildman–Crippen MR) is 256 cm³/mol. The number of nitrogen functional groups attached to an aromatic ring is 1. The minimum atomic E-state index is -1.00. The molecule has 1 saturated carbocycles. The summed E-state index contributed by atoms with van der Waals surface area (Å²) in [6.45, 7) is 7.46. The Kier molecular flexibility index (Phi) is 17.6. The number of imide groups is 2. The van der Waals surface area contributed by atoms with E-state index in [0.717, 1.165) is 36.6 Å². The third-order valence-corrected chi connectivity index (χ3v) is 14.6. The number of piperidine rings is 2. The van der Waals surface area contributed by atoms with Gasteiger partial charge in [0, 0.05) is 75.3 Å². The van der Waals surface area contributed by atoms with Crippen LogP contribution in [0.15, 0.2) is 52.5 Å². The van der Waals surface area contributed by atoms with Crippen LogP contribution in [0.3, 0.4) is 0 Å². The van der Waals surface area contributed by atoms with Gasteiger partial charge in [0.15, 0.2) is 5.82 Å². The van der Waals surface area contributed by atoms with Gasteiger partial charge in [-0.2, -0.15) is 0 Å². The summed E-state index contributed by atoms with van der Waals surface area (Å²) in [4.78, 5) is 88.0. The molecule has 366 valence electrons. The second kappa shape index (κ2) is 23.8. The smallest absolute Gasteiger partial charge is 0.262 e. The maximum atomic E-state index is 13.0. The molecule has 19 nitrogen and oxygen atoms in total. The van der Waals surface area contributed by atoms with Crippen LogP contribution >= 0.6 is 23.4 Å². The first-order valence-electron chi connectivity index (χ1n) is 23.3. The molecule has 3 aliphatic heterocycles. The predicted octanol–water partition coefficient (Wildman–Crippen LogP) is 4.39. The standard InChI is InChI=1S/C47H61ClN10O9S/c1-29-13-14-47(41(29)49)15-19-57(20-16-47)36-28-53-44(42(50)55-36)68-35-6-2-5-33(40(35)48)54-38(60)12-11-37(59)52-18-4-22-66-24-26-67-25-23-65-21-3-17-51-30-7-8-31-32(27-30)46(64)58(45(31)63)34-9-10-39(61)56-43(34)62/h2,5-8,27-29,34,41,51H,3-4,9-26,49H2,1H3,(H2,50,55)(H,52,59)(H,54,60)(H,56,61,62). The van der Waals surface area contributed by atoms with Gasteiger partial charge in [0.05, 0.1) is 54.5 Å². The molecule has 2 saturated heterocycles. The monoisotopic (exact) mass is 976 g/mol. The van der Waals surface area contributed by atoms with Crippen LogP contribution in [0.1, 0.15) is 91.8 Å². The average molecular weight is 978 g/mol. The van der Waals surface area contributed by atoms with Gasteiger partial charge in [-0.25, -0.2) is 9.97 Å². The molecule has 6 amide bonds. The van der Waals surface area contributed by atoms with E-state index in [9.17, 15) is 28.8 Å². The lowest BCUT2D eigenvalue weighted by Gasteiger charge is -2.43. The molecule has 3 aromatic rings. The number of aromatic nitrogens is 2. The van der Waals surface area contributed by atoms with Crippen molar-refractivity contribution in [2.45, 2.75) is 93.1 Å². The van der Waals surface area contributed by atoms with Gasteiger partial charge in [-0.3, -0.25) is 39.0 Å². The Morgan fingerprint density at radius 1 is 0.897 bits per heavy atom. The minimum absolute atomic E-state index is 0.0161. The van der Waals surface area contributed by atoms with E-state index in [1.54, 1.807) is 36.5 Å². The van der Waals surface area contributed by atoms with Crippen molar-refractivity contribution in [2.24, 2.45) is 17.1 Å². The fourth-order valence-corrected chi connectivity index (χ4v) is 10.2. The summed E-state index contributed by atoms with van der Waals surface area (Å²) in [7, 11) is 0. The number of carbonyl (C=O) groups is 6. The largest absolute Gasteiger partial charge is 0.385 e. The Morgan fingerprint density at radius 2 is 1.59 bits per heavy atom. The van der Waals surface area contributed by atoms with Crippen molar-refractivity contribution in [3.63, 3.8) is 0 Å². The zero-order chi connectivity index (χ0) is 48.2. The van der Waals surface area contributed by atoms with E-state index in [1.165, 1.54) is 24.6 Å². The fraction of sp³-hybridized carbons (Fsp3) is 0.532. The van der Waals surface area contributed by atoms with Gasteiger partial charge < -0.3 is 46.5 Å². The number of hydrogen-bond donors (Lipinski definition) is 6. The van der Waals surface area contributed by atoms with E-state index in [2.05, 4.69) is 43.1 Å². The number of fused-ring (bicyclic) bond motifs is 1. The lowest BCUT2D eigenvalue weighted by atomic mass is 9.73. The van der Waals surface area contributed by atoms with E-state index < -0.39 is 29.7 Å². The molecule has 1 spiro atoms. The molecule has 4 aliphatic rings. The lowest BCUT2D eigenvalue weighted by Crippen LogP contribution is -2.54. The summed E-state index contributed by atoms with van der Waals surface area (Å²) < 4.78 is 16.8. The molecule has 21 heteroatoms. The van der Waals surface area contributed by atoms with Gasteiger partial charge >= 0.3 is 0 Å². The van der Waals surface area contributed by atoms with Crippen molar-refractivity contribution >= 4 is 81.8 Å². The first-order valence-corrected chi connectivity index (χ1v) is 24.5.